The quantitative estimate of drug-likeness (QED) is 0.737. The molecule has 0 spiro atoms. The number of carboxylic acid groups (broad SMARTS) is 1. The van der Waals surface area contributed by atoms with Crippen LogP contribution in [0.5, 0.6) is 0 Å². The van der Waals surface area contributed by atoms with E-state index in [4.69, 9.17) is 24.1 Å². The van der Waals surface area contributed by atoms with Gasteiger partial charge in [0.05, 0.1) is 25.4 Å². The molecule has 0 aromatic carbocycles. The molecular weight excluding hydrogens is 433 g/mol. The summed E-state index contributed by atoms with van der Waals surface area (Å²) in [6.07, 6.45) is 2.40. The molecule has 8 nitrogen and oxygen atoms in total. The number of amides is 1. The van der Waals surface area contributed by atoms with Crippen molar-refractivity contribution >= 4 is 11.9 Å². The molecule has 1 saturated carbocycles. The molecule has 3 aliphatic rings. The second kappa shape index (κ2) is 11.1. The molecule has 32 heavy (non-hydrogen) atoms. The van der Waals surface area contributed by atoms with E-state index in [0.717, 1.165) is 45.5 Å². The Labute approximate surface area is 183 Å². The number of aromatic nitrogens is 1. The van der Waals surface area contributed by atoms with E-state index in [2.05, 4.69) is 4.98 Å². The summed E-state index contributed by atoms with van der Waals surface area (Å²) in [5.41, 5.74) is 0.697. The monoisotopic (exact) mass is 460 g/mol. The van der Waals surface area contributed by atoms with Gasteiger partial charge in [-0.05, 0) is 43.7 Å². The average Bonchev–Trinajstić information content (AvgIpc) is 3.21. The smallest absolute Gasteiger partial charge is 0.475 e. The van der Waals surface area contributed by atoms with Crippen LogP contribution in [-0.2, 0) is 19.0 Å². The zero-order valence-corrected chi connectivity index (χ0v) is 17.5. The number of hydrogen-bond donors (Lipinski definition) is 1. The summed E-state index contributed by atoms with van der Waals surface area (Å²) in [5.74, 6) is -2.09. The highest BCUT2D eigenvalue weighted by atomic mass is 19.4. The van der Waals surface area contributed by atoms with Gasteiger partial charge in [0.15, 0.2) is 0 Å². The number of halogens is 3. The van der Waals surface area contributed by atoms with Crippen molar-refractivity contribution in [3.05, 3.63) is 30.1 Å². The molecule has 1 aliphatic carbocycles. The van der Waals surface area contributed by atoms with Crippen LogP contribution in [0.15, 0.2) is 24.5 Å². The number of ether oxygens (including phenoxy) is 3. The standard InChI is InChI=1S/C19H26N2O4.C2HF3O2/c22-19(15-3-7-20-8-4-15)21-9-12-24-18-16(21)1-2-17(18)25-13-14-5-10-23-11-6-14;3-2(4,5)1(6)7/h3-4,7-8,14,16-18H,1-2,5-6,9-13H2;(H,6,7)/t16-,17+,18+;/m0./s1. The molecule has 0 radical (unpaired) electrons. The fraction of sp³-hybridized carbons (Fsp3) is 0.667. The second-order valence-electron chi connectivity index (χ2n) is 7.94. The van der Waals surface area contributed by atoms with Crippen LogP contribution in [0.1, 0.15) is 36.0 Å². The van der Waals surface area contributed by atoms with E-state index in [9.17, 15) is 18.0 Å². The number of pyridine rings is 1. The summed E-state index contributed by atoms with van der Waals surface area (Å²) < 4.78 is 49.4. The number of carbonyl (C=O) groups excluding carboxylic acids is 1. The van der Waals surface area contributed by atoms with Crippen molar-refractivity contribution in [1.29, 1.82) is 0 Å². The number of aliphatic carboxylic acids is 1. The van der Waals surface area contributed by atoms with Crippen LogP contribution in [0.2, 0.25) is 0 Å². The molecule has 4 rings (SSSR count). The number of nitrogens with zero attached hydrogens (tertiary/aromatic N) is 2. The Hall–Kier alpha value is -2.24. The summed E-state index contributed by atoms with van der Waals surface area (Å²) in [6.45, 7) is 3.69. The third-order valence-corrected chi connectivity index (χ3v) is 5.85. The molecule has 1 aromatic rings. The lowest BCUT2D eigenvalue weighted by atomic mass is 10.0. The normalized spacial score (nSPS) is 26.1. The Kier molecular flexibility index (Phi) is 8.44. The van der Waals surface area contributed by atoms with Crippen molar-refractivity contribution in [2.24, 2.45) is 5.92 Å². The molecule has 178 valence electrons. The first-order valence-electron chi connectivity index (χ1n) is 10.6. The van der Waals surface area contributed by atoms with Crippen LogP contribution in [0, 0.1) is 5.92 Å². The number of rotatable bonds is 4. The van der Waals surface area contributed by atoms with E-state index >= 15 is 0 Å². The predicted molar refractivity (Wildman–Crippen MR) is 105 cm³/mol. The fourth-order valence-electron chi connectivity index (χ4n) is 4.18. The Morgan fingerprint density at radius 2 is 1.78 bits per heavy atom. The van der Waals surface area contributed by atoms with Crippen molar-refractivity contribution in [1.82, 2.24) is 9.88 Å². The number of alkyl halides is 3. The summed E-state index contributed by atoms with van der Waals surface area (Å²) in [7, 11) is 0. The van der Waals surface area contributed by atoms with E-state index in [-0.39, 0.29) is 24.2 Å². The minimum Gasteiger partial charge on any atom is -0.475 e. The zero-order valence-electron chi connectivity index (χ0n) is 17.5. The molecule has 3 fully saturated rings. The fourth-order valence-corrected chi connectivity index (χ4v) is 4.18. The van der Waals surface area contributed by atoms with Gasteiger partial charge >= 0.3 is 12.1 Å². The van der Waals surface area contributed by atoms with E-state index < -0.39 is 12.1 Å². The van der Waals surface area contributed by atoms with E-state index in [1.165, 1.54) is 0 Å². The summed E-state index contributed by atoms with van der Waals surface area (Å²) in [4.78, 5) is 27.7. The van der Waals surface area contributed by atoms with Gasteiger partial charge in [0.2, 0.25) is 0 Å². The van der Waals surface area contributed by atoms with Crippen LogP contribution in [0.4, 0.5) is 13.2 Å². The van der Waals surface area contributed by atoms with E-state index in [1.54, 1.807) is 24.5 Å². The van der Waals surface area contributed by atoms with Gasteiger partial charge in [-0.3, -0.25) is 9.78 Å². The van der Waals surface area contributed by atoms with E-state index in [1.807, 2.05) is 4.90 Å². The van der Waals surface area contributed by atoms with Gasteiger partial charge in [0.25, 0.3) is 5.91 Å². The number of carbonyl (C=O) groups is 2. The van der Waals surface area contributed by atoms with Gasteiger partial charge in [-0.1, -0.05) is 0 Å². The minimum absolute atomic E-state index is 0.000576. The van der Waals surface area contributed by atoms with Gasteiger partial charge in [-0.25, -0.2) is 4.79 Å². The number of hydrogen-bond acceptors (Lipinski definition) is 6. The molecule has 3 atom stereocenters. The largest absolute Gasteiger partial charge is 0.490 e. The van der Waals surface area contributed by atoms with Gasteiger partial charge in [0.1, 0.15) is 6.10 Å². The Bertz CT molecular complexity index is 758. The lowest BCUT2D eigenvalue weighted by Crippen LogP contribution is -2.54. The number of fused-ring (bicyclic) bond motifs is 1. The SMILES string of the molecule is O=C(O)C(F)(F)F.O=C(c1ccncc1)N1CCO[C@H]2[C@H](OCC3CCOCC3)CC[C@@H]21. The predicted octanol–water partition coefficient (Wildman–Crippen LogP) is 2.53. The highest BCUT2D eigenvalue weighted by Crippen LogP contribution is 2.33. The zero-order chi connectivity index (χ0) is 23.1. The Morgan fingerprint density at radius 1 is 1.12 bits per heavy atom. The molecule has 1 aromatic heterocycles. The van der Waals surface area contributed by atoms with Crippen molar-refractivity contribution in [3.8, 4) is 0 Å². The van der Waals surface area contributed by atoms with Gasteiger partial charge in [-0.15, -0.1) is 0 Å². The maximum absolute atomic E-state index is 12.8. The molecule has 3 heterocycles. The van der Waals surface area contributed by atoms with Crippen LogP contribution in [0.25, 0.3) is 0 Å². The molecule has 11 heteroatoms. The first kappa shape index (κ1) is 24.4. The van der Waals surface area contributed by atoms with Gasteiger partial charge in [-0.2, -0.15) is 13.2 Å². The van der Waals surface area contributed by atoms with Crippen LogP contribution < -0.4 is 0 Å². The molecule has 2 aliphatic heterocycles. The maximum atomic E-state index is 12.8. The van der Waals surface area contributed by atoms with Crippen molar-refractivity contribution in [3.63, 3.8) is 0 Å². The van der Waals surface area contributed by atoms with Crippen molar-refractivity contribution < 1.29 is 42.1 Å². The molecule has 1 N–H and O–H groups in total. The highest BCUT2D eigenvalue weighted by molar-refractivity contribution is 5.94. The summed E-state index contributed by atoms with van der Waals surface area (Å²) in [5, 5.41) is 7.12. The highest BCUT2D eigenvalue weighted by Gasteiger charge is 2.45. The third kappa shape index (κ3) is 6.39. The van der Waals surface area contributed by atoms with Crippen molar-refractivity contribution in [2.75, 3.05) is 33.0 Å². The molecule has 2 saturated heterocycles. The average molecular weight is 460 g/mol. The lowest BCUT2D eigenvalue weighted by molar-refractivity contribution is -0.192. The topological polar surface area (TPSA) is 98.2 Å². The van der Waals surface area contributed by atoms with Gasteiger partial charge in [0, 0.05) is 37.7 Å². The molecule has 1 amide bonds. The minimum atomic E-state index is -5.08. The summed E-state index contributed by atoms with van der Waals surface area (Å²) >= 11 is 0. The van der Waals surface area contributed by atoms with Crippen LogP contribution in [0.3, 0.4) is 0 Å². The first-order valence-corrected chi connectivity index (χ1v) is 10.6. The van der Waals surface area contributed by atoms with E-state index in [0.29, 0.717) is 24.6 Å². The Morgan fingerprint density at radius 3 is 2.41 bits per heavy atom. The first-order chi connectivity index (χ1) is 15.3. The lowest BCUT2D eigenvalue weighted by Gasteiger charge is -2.39. The molecule has 0 bridgehead atoms. The second-order valence-corrected chi connectivity index (χ2v) is 7.94. The third-order valence-electron chi connectivity index (χ3n) is 5.85. The molecule has 0 unspecified atom stereocenters. The number of carboxylic acids is 1. The number of morpholine rings is 1. The maximum Gasteiger partial charge on any atom is 0.490 e. The van der Waals surface area contributed by atoms with Crippen LogP contribution in [-0.4, -0.2) is 84.3 Å². The van der Waals surface area contributed by atoms with Crippen LogP contribution >= 0.6 is 0 Å². The summed E-state index contributed by atoms with van der Waals surface area (Å²) in [6, 6.07) is 3.68. The van der Waals surface area contributed by atoms with Gasteiger partial charge < -0.3 is 24.2 Å². The Balaban J connectivity index is 0.000000360. The molecular formula is C21H27F3N2O6. The van der Waals surface area contributed by atoms with Crippen molar-refractivity contribution in [2.45, 2.75) is 50.1 Å².